The van der Waals surface area contributed by atoms with Crippen LogP contribution in [0.3, 0.4) is 0 Å². The van der Waals surface area contributed by atoms with Crippen LogP contribution in [0.5, 0.6) is 0 Å². The van der Waals surface area contributed by atoms with Gasteiger partial charge in [0.15, 0.2) is 0 Å². The summed E-state index contributed by atoms with van der Waals surface area (Å²) >= 11 is 0. The molecular formula is C14H26N4O. The first-order chi connectivity index (χ1) is 8.99. The second-order valence-corrected chi connectivity index (χ2v) is 5.44. The molecule has 0 fully saturated rings. The Kier molecular flexibility index (Phi) is 6.56. The van der Waals surface area contributed by atoms with Gasteiger partial charge in [0, 0.05) is 31.7 Å². The van der Waals surface area contributed by atoms with Crippen molar-refractivity contribution in [3.8, 4) is 0 Å². The molecule has 5 nitrogen and oxygen atoms in total. The average Bonchev–Trinajstić information content (AvgIpc) is 2.32. The number of aromatic nitrogens is 2. The van der Waals surface area contributed by atoms with E-state index in [2.05, 4.69) is 43.0 Å². The smallest absolute Gasteiger partial charge is 0.135 e. The maximum Gasteiger partial charge on any atom is 0.135 e. The first-order valence-electron chi connectivity index (χ1n) is 6.95. The highest BCUT2D eigenvalue weighted by Crippen LogP contribution is 2.14. The summed E-state index contributed by atoms with van der Waals surface area (Å²) in [6, 6.07) is 1.76. The number of ether oxygens (including phenoxy) is 1. The van der Waals surface area contributed by atoms with Crippen molar-refractivity contribution < 1.29 is 4.74 Å². The average molecular weight is 266 g/mol. The summed E-state index contributed by atoms with van der Waals surface area (Å²) in [4.78, 5) is 8.65. The molecule has 0 aliphatic heterocycles. The van der Waals surface area contributed by atoms with Crippen LogP contribution in [0.4, 0.5) is 11.6 Å². The van der Waals surface area contributed by atoms with E-state index < -0.39 is 0 Å². The minimum Gasteiger partial charge on any atom is -0.384 e. The zero-order valence-electron chi connectivity index (χ0n) is 12.4. The number of hydrogen-bond acceptors (Lipinski definition) is 5. The molecule has 0 radical (unpaired) electrons. The van der Waals surface area contributed by atoms with E-state index in [0.29, 0.717) is 11.7 Å². The van der Waals surface area contributed by atoms with E-state index >= 15 is 0 Å². The van der Waals surface area contributed by atoms with Gasteiger partial charge in [-0.25, -0.2) is 9.97 Å². The zero-order chi connectivity index (χ0) is 14.3. The highest BCUT2D eigenvalue weighted by Gasteiger charge is 2.06. The Morgan fingerprint density at radius 1 is 1.26 bits per heavy atom. The fourth-order valence-electron chi connectivity index (χ4n) is 1.54. The summed E-state index contributed by atoms with van der Waals surface area (Å²) in [5, 5.41) is 3.26. The molecule has 0 saturated carbocycles. The second-order valence-electron chi connectivity index (χ2n) is 5.44. The van der Waals surface area contributed by atoms with Crippen molar-refractivity contribution in [3.63, 3.8) is 0 Å². The third-order valence-electron chi connectivity index (χ3n) is 2.50. The molecule has 1 rings (SSSR count). The summed E-state index contributed by atoms with van der Waals surface area (Å²) < 4.78 is 5.52. The molecule has 5 heteroatoms. The van der Waals surface area contributed by atoms with Crippen molar-refractivity contribution in [1.29, 1.82) is 0 Å². The zero-order valence-corrected chi connectivity index (χ0v) is 12.4. The van der Waals surface area contributed by atoms with Crippen molar-refractivity contribution in [1.82, 2.24) is 9.97 Å². The molecule has 0 aliphatic carbocycles. The van der Waals surface area contributed by atoms with Crippen LogP contribution in [0.2, 0.25) is 0 Å². The largest absolute Gasteiger partial charge is 0.384 e. The fraction of sp³-hybridized carbons (Fsp3) is 0.714. The highest BCUT2D eigenvalue weighted by atomic mass is 16.5. The molecule has 1 aromatic rings. The van der Waals surface area contributed by atoms with Crippen molar-refractivity contribution >= 4 is 11.6 Å². The van der Waals surface area contributed by atoms with Gasteiger partial charge < -0.3 is 15.8 Å². The van der Waals surface area contributed by atoms with E-state index in [1.165, 1.54) is 0 Å². The predicted molar refractivity (Wildman–Crippen MR) is 79.3 cm³/mol. The number of hydrogen-bond donors (Lipinski definition) is 2. The molecule has 19 heavy (non-hydrogen) atoms. The summed E-state index contributed by atoms with van der Waals surface area (Å²) in [7, 11) is 0. The van der Waals surface area contributed by atoms with Gasteiger partial charge in [-0.1, -0.05) is 27.7 Å². The Labute approximate surface area is 116 Å². The van der Waals surface area contributed by atoms with Gasteiger partial charge in [-0.3, -0.25) is 0 Å². The van der Waals surface area contributed by atoms with E-state index in [9.17, 15) is 0 Å². The van der Waals surface area contributed by atoms with Gasteiger partial charge in [-0.2, -0.15) is 0 Å². The first-order valence-corrected chi connectivity index (χ1v) is 6.95. The number of nitrogens with two attached hydrogens (primary N) is 1. The number of nitrogen functional groups attached to an aromatic ring is 1. The summed E-state index contributed by atoms with van der Waals surface area (Å²) in [6.07, 6.45) is 0.952. The van der Waals surface area contributed by atoms with Crippen molar-refractivity contribution in [2.24, 2.45) is 5.92 Å². The van der Waals surface area contributed by atoms with Gasteiger partial charge >= 0.3 is 0 Å². The predicted octanol–water partition coefficient (Wildman–Crippen LogP) is 2.66. The van der Waals surface area contributed by atoms with Crippen LogP contribution in [-0.2, 0) is 4.74 Å². The number of anilines is 2. The lowest BCUT2D eigenvalue weighted by Gasteiger charge is -2.10. The number of nitrogens with one attached hydrogen (secondary N) is 1. The van der Waals surface area contributed by atoms with E-state index in [1.54, 1.807) is 6.07 Å². The van der Waals surface area contributed by atoms with Crippen molar-refractivity contribution in [2.45, 2.75) is 40.0 Å². The monoisotopic (exact) mass is 266 g/mol. The van der Waals surface area contributed by atoms with E-state index in [4.69, 9.17) is 10.5 Å². The Morgan fingerprint density at radius 3 is 2.63 bits per heavy atom. The van der Waals surface area contributed by atoms with E-state index in [-0.39, 0.29) is 5.92 Å². The summed E-state index contributed by atoms with van der Waals surface area (Å²) in [6.45, 7) is 10.8. The van der Waals surface area contributed by atoms with Crippen molar-refractivity contribution in [3.05, 3.63) is 11.9 Å². The highest BCUT2D eigenvalue weighted by molar-refractivity contribution is 5.44. The molecule has 0 aliphatic rings. The van der Waals surface area contributed by atoms with Crippen LogP contribution in [0.1, 0.15) is 45.9 Å². The molecule has 1 aromatic heterocycles. The third kappa shape index (κ3) is 6.38. The number of rotatable bonds is 8. The first kappa shape index (κ1) is 15.7. The molecule has 0 saturated heterocycles. The van der Waals surface area contributed by atoms with Gasteiger partial charge in [-0.15, -0.1) is 0 Å². The molecule has 0 unspecified atom stereocenters. The van der Waals surface area contributed by atoms with E-state index in [1.807, 2.05) is 0 Å². The minimum absolute atomic E-state index is 0.276. The molecule has 108 valence electrons. The van der Waals surface area contributed by atoms with Gasteiger partial charge in [0.05, 0.1) is 0 Å². The quantitative estimate of drug-likeness (QED) is 0.708. The van der Waals surface area contributed by atoms with Gasteiger partial charge in [0.25, 0.3) is 0 Å². The normalized spacial score (nSPS) is 11.3. The Balaban J connectivity index is 2.33. The SMILES string of the molecule is CC(C)COCCCNc1cc(N)nc(C(C)C)n1. The van der Waals surface area contributed by atoms with Crippen LogP contribution in [0, 0.1) is 5.92 Å². The van der Waals surface area contributed by atoms with Crippen LogP contribution >= 0.6 is 0 Å². The fourth-order valence-corrected chi connectivity index (χ4v) is 1.54. The third-order valence-corrected chi connectivity index (χ3v) is 2.50. The Bertz CT molecular complexity index is 380. The molecule has 0 amide bonds. The number of nitrogens with zero attached hydrogens (tertiary/aromatic N) is 2. The van der Waals surface area contributed by atoms with Gasteiger partial charge in [0.2, 0.25) is 0 Å². The van der Waals surface area contributed by atoms with Crippen molar-refractivity contribution in [2.75, 3.05) is 30.8 Å². The van der Waals surface area contributed by atoms with Crippen LogP contribution < -0.4 is 11.1 Å². The standard InChI is InChI=1S/C14H26N4O/c1-10(2)9-19-7-5-6-16-13-8-12(15)17-14(18-13)11(3)4/h8,10-11H,5-7,9H2,1-4H3,(H3,15,16,17,18). The Hall–Kier alpha value is -1.36. The van der Waals surface area contributed by atoms with Crippen LogP contribution in [0.15, 0.2) is 6.07 Å². The molecule has 0 atom stereocenters. The van der Waals surface area contributed by atoms with Crippen LogP contribution in [0.25, 0.3) is 0 Å². The van der Waals surface area contributed by atoms with Gasteiger partial charge in [-0.05, 0) is 12.3 Å². The lowest BCUT2D eigenvalue weighted by molar-refractivity contribution is 0.110. The summed E-state index contributed by atoms with van der Waals surface area (Å²) in [5.41, 5.74) is 5.77. The molecule has 1 heterocycles. The lowest BCUT2D eigenvalue weighted by Crippen LogP contribution is -2.11. The van der Waals surface area contributed by atoms with E-state index in [0.717, 1.165) is 37.8 Å². The maximum atomic E-state index is 5.77. The summed E-state index contributed by atoms with van der Waals surface area (Å²) in [5.74, 6) is 2.94. The topological polar surface area (TPSA) is 73.1 Å². The lowest BCUT2D eigenvalue weighted by atomic mass is 10.2. The maximum absolute atomic E-state index is 5.77. The van der Waals surface area contributed by atoms with Gasteiger partial charge in [0.1, 0.15) is 17.5 Å². The Morgan fingerprint density at radius 2 is 2.00 bits per heavy atom. The van der Waals surface area contributed by atoms with Crippen LogP contribution in [-0.4, -0.2) is 29.7 Å². The molecule has 3 N–H and O–H groups in total. The second kappa shape index (κ2) is 7.94. The minimum atomic E-state index is 0.276. The molecule has 0 bridgehead atoms. The molecule has 0 aromatic carbocycles. The molecular weight excluding hydrogens is 240 g/mol. The molecule has 0 spiro atoms.